The van der Waals surface area contributed by atoms with E-state index in [1.54, 1.807) is 7.05 Å². The van der Waals surface area contributed by atoms with E-state index in [9.17, 15) is 4.79 Å². The van der Waals surface area contributed by atoms with E-state index in [4.69, 9.17) is 5.73 Å². The highest BCUT2D eigenvalue weighted by Crippen LogP contribution is 2.01. The summed E-state index contributed by atoms with van der Waals surface area (Å²) in [7, 11) is 1.59. The van der Waals surface area contributed by atoms with Crippen molar-refractivity contribution in [3.05, 3.63) is 0 Å². The number of nitrogens with one attached hydrogen (secondary N) is 2. The van der Waals surface area contributed by atoms with Gasteiger partial charge in [-0.3, -0.25) is 0 Å². The molecule has 0 saturated carbocycles. The van der Waals surface area contributed by atoms with Gasteiger partial charge in [-0.05, 0) is 12.3 Å². The van der Waals surface area contributed by atoms with Gasteiger partial charge in [-0.2, -0.15) is 0 Å². The summed E-state index contributed by atoms with van der Waals surface area (Å²) >= 11 is 0. The van der Waals surface area contributed by atoms with E-state index in [-0.39, 0.29) is 12.1 Å². The Morgan fingerprint density at radius 2 is 2.08 bits per heavy atom. The zero-order valence-corrected chi connectivity index (χ0v) is 8.05. The van der Waals surface area contributed by atoms with E-state index in [0.29, 0.717) is 12.5 Å². The third kappa shape index (κ3) is 5.97. The van der Waals surface area contributed by atoms with Gasteiger partial charge in [0.2, 0.25) is 0 Å². The van der Waals surface area contributed by atoms with Gasteiger partial charge in [-0.1, -0.05) is 13.8 Å². The van der Waals surface area contributed by atoms with E-state index in [1.165, 1.54) is 0 Å². The van der Waals surface area contributed by atoms with E-state index < -0.39 is 0 Å². The molecule has 0 aliphatic rings. The van der Waals surface area contributed by atoms with Crippen LogP contribution in [0, 0.1) is 5.92 Å². The van der Waals surface area contributed by atoms with Crippen LogP contribution in [-0.4, -0.2) is 25.7 Å². The molecule has 4 heteroatoms. The van der Waals surface area contributed by atoms with Gasteiger partial charge in [0.1, 0.15) is 0 Å². The third-order valence-corrected chi connectivity index (χ3v) is 1.53. The van der Waals surface area contributed by atoms with Gasteiger partial charge in [-0.25, -0.2) is 4.79 Å². The fourth-order valence-electron chi connectivity index (χ4n) is 1.00. The average molecular weight is 173 g/mol. The van der Waals surface area contributed by atoms with Crippen molar-refractivity contribution in [1.29, 1.82) is 0 Å². The number of amides is 2. The van der Waals surface area contributed by atoms with Crippen LogP contribution in [0.15, 0.2) is 0 Å². The standard InChI is InChI=1S/C8H19N3O/c1-6(2)4-7(9)5-11-8(12)10-3/h6-7H,4-5,9H2,1-3H3,(H2,10,11,12). The largest absolute Gasteiger partial charge is 0.341 e. The number of nitrogens with two attached hydrogens (primary N) is 1. The van der Waals surface area contributed by atoms with Crippen molar-refractivity contribution in [1.82, 2.24) is 10.6 Å². The maximum absolute atomic E-state index is 10.7. The zero-order chi connectivity index (χ0) is 9.56. The number of carbonyl (C=O) groups is 1. The van der Waals surface area contributed by atoms with Crippen molar-refractivity contribution >= 4 is 6.03 Å². The van der Waals surface area contributed by atoms with Crippen molar-refractivity contribution in [3.63, 3.8) is 0 Å². The average Bonchev–Trinajstić information content (AvgIpc) is 1.99. The fourth-order valence-corrected chi connectivity index (χ4v) is 1.00. The molecule has 4 N–H and O–H groups in total. The summed E-state index contributed by atoms with van der Waals surface area (Å²) in [6.07, 6.45) is 0.935. The van der Waals surface area contributed by atoms with Crippen LogP contribution in [0.25, 0.3) is 0 Å². The Morgan fingerprint density at radius 3 is 2.50 bits per heavy atom. The lowest BCUT2D eigenvalue weighted by Crippen LogP contribution is -2.41. The molecule has 1 atom stereocenters. The maximum Gasteiger partial charge on any atom is 0.314 e. The van der Waals surface area contributed by atoms with E-state index in [2.05, 4.69) is 24.5 Å². The zero-order valence-electron chi connectivity index (χ0n) is 8.05. The second kappa shape index (κ2) is 5.83. The first-order valence-electron chi connectivity index (χ1n) is 4.27. The number of urea groups is 1. The monoisotopic (exact) mass is 173 g/mol. The van der Waals surface area contributed by atoms with Gasteiger partial charge in [0, 0.05) is 19.6 Å². The highest BCUT2D eigenvalue weighted by atomic mass is 16.2. The topological polar surface area (TPSA) is 67.2 Å². The molecular formula is C8H19N3O. The molecule has 0 aromatic rings. The first-order chi connectivity index (χ1) is 5.56. The number of rotatable bonds is 4. The van der Waals surface area contributed by atoms with Gasteiger partial charge in [0.15, 0.2) is 0 Å². The molecule has 0 fully saturated rings. The van der Waals surface area contributed by atoms with Gasteiger partial charge >= 0.3 is 6.03 Å². The molecule has 0 aromatic carbocycles. The van der Waals surface area contributed by atoms with Gasteiger partial charge in [0.05, 0.1) is 0 Å². The minimum absolute atomic E-state index is 0.0577. The minimum Gasteiger partial charge on any atom is -0.341 e. The van der Waals surface area contributed by atoms with Crippen LogP contribution in [0.5, 0.6) is 0 Å². The molecular weight excluding hydrogens is 154 g/mol. The number of hydrogen-bond acceptors (Lipinski definition) is 2. The second-order valence-corrected chi connectivity index (χ2v) is 3.35. The van der Waals surface area contributed by atoms with Crippen LogP contribution in [-0.2, 0) is 0 Å². The normalized spacial score (nSPS) is 12.8. The molecule has 0 rings (SSSR count). The maximum atomic E-state index is 10.7. The molecule has 72 valence electrons. The van der Waals surface area contributed by atoms with Gasteiger partial charge in [0.25, 0.3) is 0 Å². The molecule has 0 heterocycles. The quantitative estimate of drug-likeness (QED) is 0.572. The number of carbonyl (C=O) groups excluding carboxylic acids is 1. The summed E-state index contributed by atoms with van der Waals surface area (Å²) in [4.78, 5) is 10.7. The predicted molar refractivity (Wildman–Crippen MR) is 49.9 cm³/mol. The Kier molecular flexibility index (Phi) is 5.45. The summed E-state index contributed by atoms with van der Waals surface area (Å²) < 4.78 is 0. The van der Waals surface area contributed by atoms with Crippen molar-refractivity contribution in [2.45, 2.75) is 26.3 Å². The molecule has 12 heavy (non-hydrogen) atoms. The summed E-state index contributed by atoms with van der Waals surface area (Å²) in [5, 5.41) is 5.13. The molecule has 4 nitrogen and oxygen atoms in total. The van der Waals surface area contributed by atoms with Crippen LogP contribution in [0.1, 0.15) is 20.3 Å². The SMILES string of the molecule is CNC(=O)NCC(N)CC(C)C. The Hall–Kier alpha value is -0.770. The molecule has 0 aliphatic carbocycles. The summed E-state index contributed by atoms with van der Waals surface area (Å²) in [5.41, 5.74) is 5.74. The van der Waals surface area contributed by atoms with Crippen LogP contribution in [0.3, 0.4) is 0 Å². The van der Waals surface area contributed by atoms with Gasteiger partial charge in [-0.15, -0.1) is 0 Å². The molecule has 0 aromatic heterocycles. The minimum atomic E-state index is -0.172. The fraction of sp³-hybridized carbons (Fsp3) is 0.875. The van der Waals surface area contributed by atoms with Crippen LogP contribution < -0.4 is 16.4 Å². The highest BCUT2D eigenvalue weighted by Gasteiger charge is 2.05. The lowest BCUT2D eigenvalue weighted by Gasteiger charge is -2.14. The molecule has 0 saturated heterocycles. The molecule has 0 radical (unpaired) electrons. The summed E-state index contributed by atoms with van der Waals surface area (Å²) in [5.74, 6) is 0.575. The summed E-state index contributed by atoms with van der Waals surface area (Å²) in [6.45, 7) is 4.76. The molecule has 0 aliphatic heterocycles. The van der Waals surface area contributed by atoms with Gasteiger partial charge < -0.3 is 16.4 Å². The van der Waals surface area contributed by atoms with Crippen molar-refractivity contribution in [2.24, 2.45) is 11.7 Å². The first kappa shape index (κ1) is 11.2. The van der Waals surface area contributed by atoms with Crippen LogP contribution in [0.2, 0.25) is 0 Å². The van der Waals surface area contributed by atoms with Crippen molar-refractivity contribution in [2.75, 3.05) is 13.6 Å². The Morgan fingerprint density at radius 1 is 1.50 bits per heavy atom. The van der Waals surface area contributed by atoms with E-state index in [0.717, 1.165) is 6.42 Å². The highest BCUT2D eigenvalue weighted by molar-refractivity contribution is 5.73. The first-order valence-corrected chi connectivity index (χ1v) is 4.27. The summed E-state index contributed by atoms with van der Waals surface area (Å²) in [6, 6.07) is -0.114. The van der Waals surface area contributed by atoms with E-state index in [1.807, 2.05) is 0 Å². The Balaban J connectivity index is 3.43. The van der Waals surface area contributed by atoms with Crippen LogP contribution >= 0.6 is 0 Å². The lowest BCUT2D eigenvalue weighted by molar-refractivity contribution is 0.241. The predicted octanol–water partition coefficient (Wildman–Crippen LogP) is 0.289. The molecule has 2 amide bonds. The lowest BCUT2D eigenvalue weighted by atomic mass is 10.0. The van der Waals surface area contributed by atoms with Crippen molar-refractivity contribution < 1.29 is 4.79 Å². The molecule has 1 unspecified atom stereocenters. The third-order valence-electron chi connectivity index (χ3n) is 1.53. The Bertz CT molecular complexity index is 136. The number of hydrogen-bond donors (Lipinski definition) is 3. The Labute approximate surface area is 73.9 Å². The smallest absolute Gasteiger partial charge is 0.314 e. The second-order valence-electron chi connectivity index (χ2n) is 3.35. The molecule has 0 spiro atoms. The molecule has 0 bridgehead atoms. The van der Waals surface area contributed by atoms with Crippen LogP contribution in [0.4, 0.5) is 4.79 Å². The van der Waals surface area contributed by atoms with Crippen molar-refractivity contribution in [3.8, 4) is 0 Å². The van der Waals surface area contributed by atoms with E-state index >= 15 is 0 Å².